The van der Waals surface area contributed by atoms with Gasteiger partial charge < -0.3 is 5.32 Å². The molecule has 0 atom stereocenters. The largest absolute Gasteiger partial charge is 0.364 e. The monoisotopic (exact) mass is 308 g/mol. The van der Waals surface area contributed by atoms with Crippen molar-refractivity contribution in [1.82, 2.24) is 5.32 Å². The molecule has 2 saturated carbocycles. The predicted molar refractivity (Wildman–Crippen MR) is 94.0 cm³/mol. The van der Waals surface area contributed by atoms with Gasteiger partial charge in [0.2, 0.25) is 0 Å². The molecule has 0 unspecified atom stereocenters. The molecule has 2 aliphatic carbocycles. The van der Waals surface area contributed by atoms with E-state index in [0.717, 1.165) is 19.0 Å². The van der Waals surface area contributed by atoms with E-state index < -0.39 is 0 Å². The summed E-state index contributed by atoms with van der Waals surface area (Å²) in [4.78, 5) is 4.90. The number of hydrogen-bond donors (Lipinski definition) is 1. The van der Waals surface area contributed by atoms with E-state index in [4.69, 9.17) is 4.99 Å². The molecular weight excluding hydrogens is 276 g/mol. The van der Waals surface area contributed by atoms with Crippen molar-refractivity contribution >= 4 is 16.9 Å². The van der Waals surface area contributed by atoms with Crippen molar-refractivity contribution < 1.29 is 0 Å². The number of rotatable bonds is 4. The third-order valence-electron chi connectivity index (χ3n) is 5.86. The van der Waals surface area contributed by atoms with Gasteiger partial charge >= 0.3 is 0 Å². The predicted octanol–water partition coefficient (Wildman–Crippen LogP) is 4.85. The Morgan fingerprint density at radius 3 is 2.33 bits per heavy atom. The highest BCUT2D eigenvalue weighted by Crippen LogP contribution is 2.44. The Morgan fingerprint density at radius 1 is 1.10 bits per heavy atom. The van der Waals surface area contributed by atoms with Gasteiger partial charge in [0.1, 0.15) is 0 Å². The number of nitrogens with zero attached hydrogens (tertiary/aromatic N) is 1. The summed E-state index contributed by atoms with van der Waals surface area (Å²) >= 11 is 2.00. The lowest BCUT2D eigenvalue weighted by Crippen LogP contribution is -2.39. The molecule has 0 bridgehead atoms. The topological polar surface area (TPSA) is 24.4 Å². The average molecular weight is 309 g/mol. The molecule has 2 fully saturated rings. The van der Waals surface area contributed by atoms with Crippen LogP contribution in [0.25, 0.3) is 0 Å². The molecular formula is C18H32N2S. The third kappa shape index (κ3) is 3.78. The van der Waals surface area contributed by atoms with E-state index in [-0.39, 0.29) is 0 Å². The Morgan fingerprint density at radius 2 is 1.76 bits per heavy atom. The summed E-state index contributed by atoms with van der Waals surface area (Å²) in [5, 5.41) is 4.97. The quantitative estimate of drug-likeness (QED) is 0.803. The van der Waals surface area contributed by atoms with E-state index in [1.807, 2.05) is 11.8 Å². The van der Waals surface area contributed by atoms with E-state index >= 15 is 0 Å². The van der Waals surface area contributed by atoms with Gasteiger partial charge in [-0.15, -0.1) is 0 Å². The standard InChI is InChI=1S/C18H32N2S/c1-15(2)11-17(7-3-4-8-17)12-19-16-20-13-18(14-21-16)9-5-6-10-18/h15H,3-14H2,1-2H3,(H,19,20). The molecule has 1 spiro atoms. The van der Waals surface area contributed by atoms with Gasteiger partial charge in [-0.05, 0) is 48.9 Å². The minimum atomic E-state index is 0.555. The Hall–Kier alpha value is -0.180. The summed E-state index contributed by atoms with van der Waals surface area (Å²) in [5.41, 5.74) is 1.12. The highest BCUT2D eigenvalue weighted by Gasteiger charge is 2.38. The molecule has 3 rings (SSSR count). The third-order valence-corrected chi connectivity index (χ3v) is 7.16. The van der Waals surface area contributed by atoms with E-state index in [2.05, 4.69) is 19.2 Å². The second kappa shape index (κ2) is 6.52. The fourth-order valence-electron chi connectivity index (χ4n) is 4.79. The van der Waals surface area contributed by atoms with E-state index in [9.17, 15) is 0 Å². The van der Waals surface area contributed by atoms with Crippen molar-refractivity contribution in [3.8, 4) is 0 Å². The van der Waals surface area contributed by atoms with Crippen molar-refractivity contribution in [2.45, 2.75) is 71.6 Å². The molecule has 0 aromatic carbocycles. The molecule has 1 N–H and O–H groups in total. The lowest BCUT2D eigenvalue weighted by molar-refractivity contribution is 0.235. The zero-order valence-electron chi connectivity index (χ0n) is 13.9. The van der Waals surface area contributed by atoms with Gasteiger partial charge in [0.05, 0.1) is 0 Å². The molecule has 0 aromatic heterocycles. The fraction of sp³-hybridized carbons (Fsp3) is 0.944. The Balaban J connectivity index is 1.53. The minimum Gasteiger partial charge on any atom is -0.364 e. The van der Waals surface area contributed by atoms with E-state index in [1.165, 1.54) is 68.7 Å². The molecule has 0 radical (unpaired) electrons. The maximum absolute atomic E-state index is 4.90. The SMILES string of the molecule is CC(C)CC1(CNC2=NCC3(CCCC3)CS2)CCCC1. The zero-order valence-corrected chi connectivity index (χ0v) is 14.7. The van der Waals surface area contributed by atoms with Gasteiger partial charge in [0.25, 0.3) is 0 Å². The van der Waals surface area contributed by atoms with Crippen molar-refractivity contribution in [2.24, 2.45) is 21.7 Å². The second-order valence-electron chi connectivity index (χ2n) is 8.28. The molecule has 120 valence electrons. The maximum Gasteiger partial charge on any atom is 0.156 e. The highest BCUT2D eigenvalue weighted by atomic mass is 32.2. The number of thioether (sulfide) groups is 1. The van der Waals surface area contributed by atoms with Gasteiger partial charge in [0, 0.05) is 18.8 Å². The average Bonchev–Trinajstić information content (AvgIpc) is 3.09. The Bertz CT molecular complexity index is 377. The first-order valence-corrected chi connectivity index (χ1v) is 10.0. The smallest absolute Gasteiger partial charge is 0.156 e. The summed E-state index contributed by atoms with van der Waals surface area (Å²) in [6, 6.07) is 0. The fourth-order valence-corrected chi connectivity index (χ4v) is 5.95. The first-order chi connectivity index (χ1) is 10.1. The van der Waals surface area contributed by atoms with Gasteiger partial charge in [-0.25, -0.2) is 0 Å². The van der Waals surface area contributed by atoms with Crippen LogP contribution in [0.4, 0.5) is 0 Å². The number of aliphatic imine (C=N–C) groups is 1. The van der Waals surface area contributed by atoms with E-state index in [0.29, 0.717) is 10.8 Å². The Kier molecular flexibility index (Phi) is 4.87. The summed E-state index contributed by atoms with van der Waals surface area (Å²) in [6.07, 6.45) is 12.7. The second-order valence-corrected chi connectivity index (χ2v) is 9.24. The molecule has 21 heavy (non-hydrogen) atoms. The van der Waals surface area contributed by atoms with Crippen LogP contribution >= 0.6 is 11.8 Å². The van der Waals surface area contributed by atoms with Crippen molar-refractivity contribution in [3.63, 3.8) is 0 Å². The van der Waals surface area contributed by atoms with Gasteiger partial charge in [0.15, 0.2) is 5.17 Å². The lowest BCUT2D eigenvalue weighted by Gasteiger charge is -2.34. The molecule has 0 aromatic rings. The molecule has 1 heterocycles. The number of hydrogen-bond acceptors (Lipinski definition) is 3. The maximum atomic E-state index is 4.90. The summed E-state index contributed by atoms with van der Waals surface area (Å²) in [7, 11) is 0. The van der Waals surface area contributed by atoms with Crippen LogP contribution in [0, 0.1) is 16.7 Å². The normalized spacial score (nSPS) is 27.3. The number of nitrogens with one attached hydrogen (secondary N) is 1. The van der Waals surface area contributed by atoms with Crippen molar-refractivity contribution in [2.75, 3.05) is 18.8 Å². The molecule has 3 heteroatoms. The highest BCUT2D eigenvalue weighted by molar-refractivity contribution is 8.13. The molecule has 2 nitrogen and oxygen atoms in total. The summed E-state index contributed by atoms with van der Waals surface area (Å²) in [6.45, 7) is 6.98. The minimum absolute atomic E-state index is 0.555. The van der Waals surface area contributed by atoms with Crippen LogP contribution in [0.15, 0.2) is 4.99 Å². The van der Waals surface area contributed by atoms with Crippen molar-refractivity contribution in [3.05, 3.63) is 0 Å². The first kappa shape index (κ1) is 15.7. The summed E-state index contributed by atoms with van der Waals surface area (Å²) < 4.78 is 0. The van der Waals surface area contributed by atoms with Crippen LogP contribution in [0.5, 0.6) is 0 Å². The summed E-state index contributed by atoms with van der Waals surface area (Å²) in [5.74, 6) is 2.11. The van der Waals surface area contributed by atoms with Crippen molar-refractivity contribution in [1.29, 1.82) is 0 Å². The van der Waals surface area contributed by atoms with Gasteiger partial charge in [-0.1, -0.05) is 51.3 Å². The lowest BCUT2D eigenvalue weighted by atomic mass is 9.78. The first-order valence-electron chi connectivity index (χ1n) is 9.03. The van der Waals surface area contributed by atoms with Crippen LogP contribution < -0.4 is 5.32 Å². The molecule has 1 aliphatic heterocycles. The van der Waals surface area contributed by atoms with E-state index in [1.54, 1.807) is 0 Å². The van der Waals surface area contributed by atoms with Gasteiger partial charge in [-0.2, -0.15) is 0 Å². The molecule has 0 saturated heterocycles. The zero-order chi connectivity index (χ0) is 14.8. The number of amidine groups is 1. The van der Waals surface area contributed by atoms with Gasteiger partial charge in [-0.3, -0.25) is 4.99 Å². The van der Waals surface area contributed by atoms with Crippen LogP contribution in [-0.4, -0.2) is 24.0 Å². The molecule has 0 amide bonds. The Labute approximate surface area is 134 Å². The van der Waals surface area contributed by atoms with Crippen LogP contribution in [0.2, 0.25) is 0 Å². The van der Waals surface area contributed by atoms with Crippen LogP contribution in [-0.2, 0) is 0 Å². The van der Waals surface area contributed by atoms with Crippen LogP contribution in [0.1, 0.15) is 71.6 Å². The van der Waals surface area contributed by atoms with Crippen LogP contribution in [0.3, 0.4) is 0 Å². The molecule has 3 aliphatic rings.